The average Bonchev–Trinajstić information content (AvgIpc) is 2.66. The number of hydrogen-bond donors (Lipinski definition) is 2. The normalized spacial score (nSPS) is 15.5. The molecule has 0 bridgehead atoms. The highest BCUT2D eigenvalue weighted by Gasteiger charge is 2.32. The summed E-state index contributed by atoms with van der Waals surface area (Å²) in [6.07, 6.45) is -4.74. The first kappa shape index (κ1) is 26.6. The van der Waals surface area contributed by atoms with Gasteiger partial charge in [0, 0.05) is 31.7 Å². The number of nitrogens with one attached hydrogen (secondary N) is 1. The van der Waals surface area contributed by atoms with Crippen LogP contribution in [0.4, 0.5) is 13.2 Å². The zero-order chi connectivity index (χ0) is 20.3. The lowest BCUT2D eigenvalue weighted by atomic mass is 9.95. The lowest BCUT2D eigenvalue weighted by molar-refractivity contribution is -0.274. The van der Waals surface area contributed by atoms with E-state index in [1.54, 1.807) is 24.3 Å². The molecule has 1 fully saturated rings. The zero-order valence-electron chi connectivity index (χ0n) is 15.9. The Morgan fingerprint density at radius 1 is 1.07 bits per heavy atom. The molecule has 0 amide bonds. The fourth-order valence-corrected chi connectivity index (χ4v) is 3.75. The van der Waals surface area contributed by atoms with Gasteiger partial charge in [-0.3, -0.25) is 4.90 Å². The Morgan fingerprint density at radius 3 is 2.20 bits per heavy atom. The van der Waals surface area contributed by atoms with Gasteiger partial charge < -0.3 is 19.9 Å². The van der Waals surface area contributed by atoms with Gasteiger partial charge in [-0.15, -0.1) is 38.0 Å². The molecular weight excluding hydrogens is 512 g/mol. The third kappa shape index (κ3) is 6.55. The number of aromatic hydroxyl groups is 1. The van der Waals surface area contributed by atoms with Gasteiger partial charge in [0.15, 0.2) is 0 Å². The van der Waals surface area contributed by atoms with Crippen LogP contribution >= 0.6 is 40.7 Å². The third-order valence-corrected chi connectivity index (χ3v) is 5.15. The largest absolute Gasteiger partial charge is 0.573 e. The summed E-state index contributed by atoms with van der Waals surface area (Å²) in [6, 6.07) is 8.78. The summed E-state index contributed by atoms with van der Waals surface area (Å²) in [5, 5.41) is 13.9. The second-order valence-corrected chi connectivity index (χ2v) is 7.21. The fourth-order valence-electron chi connectivity index (χ4n) is 3.30. The Kier molecular flexibility index (Phi) is 10.0. The standard InChI is InChI=1S/C19H20BrF3N2O3.2ClH/c1-27-14-10-15(18(26)16(20)11-14)17(25-8-6-24-7-9-25)12-2-4-13(5-3-12)28-19(21,22)23;;/h2-5,10-11,17,24,26H,6-9H2,1H3;2*1H/t17-;;/m1../s1. The third-order valence-electron chi connectivity index (χ3n) is 4.54. The first-order valence-corrected chi connectivity index (χ1v) is 9.44. The summed E-state index contributed by atoms with van der Waals surface area (Å²) in [5.41, 5.74) is 1.35. The van der Waals surface area contributed by atoms with Crippen molar-refractivity contribution in [2.75, 3.05) is 33.3 Å². The monoisotopic (exact) mass is 532 g/mol. The minimum Gasteiger partial charge on any atom is -0.506 e. The molecular formula is C19H22BrCl2F3N2O3. The molecule has 168 valence electrons. The summed E-state index contributed by atoms with van der Waals surface area (Å²) < 4.78 is 47.1. The van der Waals surface area contributed by atoms with Crippen molar-refractivity contribution in [2.24, 2.45) is 0 Å². The van der Waals surface area contributed by atoms with Crippen LogP contribution in [0, 0.1) is 0 Å². The van der Waals surface area contributed by atoms with Gasteiger partial charge >= 0.3 is 6.36 Å². The van der Waals surface area contributed by atoms with E-state index in [1.807, 2.05) is 0 Å². The highest BCUT2D eigenvalue weighted by Crippen LogP contribution is 2.41. The van der Waals surface area contributed by atoms with Gasteiger partial charge in [-0.25, -0.2) is 0 Å². The number of piperazine rings is 1. The first-order valence-electron chi connectivity index (χ1n) is 8.65. The van der Waals surface area contributed by atoms with E-state index in [-0.39, 0.29) is 42.4 Å². The molecule has 5 nitrogen and oxygen atoms in total. The number of phenolic OH excluding ortho intramolecular Hbond substituents is 1. The fraction of sp³-hybridized carbons (Fsp3) is 0.368. The van der Waals surface area contributed by atoms with Crippen molar-refractivity contribution in [2.45, 2.75) is 12.4 Å². The summed E-state index contributed by atoms with van der Waals surface area (Å²) in [4.78, 5) is 2.16. The van der Waals surface area contributed by atoms with E-state index >= 15 is 0 Å². The molecule has 0 spiro atoms. The van der Waals surface area contributed by atoms with Gasteiger partial charge in [0.2, 0.25) is 0 Å². The molecule has 0 radical (unpaired) electrons. The summed E-state index contributed by atoms with van der Waals surface area (Å²) >= 11 is 3.34. The lowest BCUT2D eigenvalue weighted by Crippen LogP contribution is -2.45. The molecule has 3 rings (SSSR count). The van der Waals surface area contributed by atoms with Crippen LogP contribution in [0.2, 0.25) is 0 Å². The Labute approximate surface area is 193 Å². The molecule has 11 heteroatoms. The van der Waals surface area contributed by atoms with Crippen LogP contribution < -0.4 is 14.8 Å². The molecule has 1 atom stereocenters. The molecule has 1 heterocycles. The molecule has 0 aromatic heterocycles. The van der Waals surface area contributed by atoms with E-state index in [9.17, 15) is 18.3 Å². The topological polar surface area (TPSA) is 54.0 Å². The maximum Gasteiger partial charge on any atom is 0.573 e. The number of hydrogen-bond acceptors (Lipinski definition) is 5. The molecule has 0 aliphatic carbocycles. The second kappa shape index (κ2) is 11.3. The van der Waals surface area contributed by atoms with Crippen molar-refractivity contribution < 1.29 is 27.8 Å². The zero-order valence-corrected chi connectivity index (χ0v) is 19.1. The number of phenols is 1. The summed E-state index contributed by atoms with van der Waals surface area (Å²) in [6.45, 7) is 2.99. The van der Waals surface area contributed by atoms with Gasteiger partial charge in [-0.05, 0) is 45.8 Å². The molecule has 1 saturated heterocycles. The van der Waals surface area contributed by atoms with Crippen LogP contribution in [-0.4, -0.2) is 49.7 Å². The van der Waals surface area contributed by atoms with Gasteiger partial charge in [0.1, 0.15) is 17.2 Å². The van der Waals surface area contributed by atoms with Crippen LogP contribution in [-0.2, 0) is 0 Å². The predicted molar refractivity (Wildman–Crippen MR) is 116 cm³/mol. The highest BCUT2D eigenvalue weighted by molar-refractivity contribution is 9.10. The van der Waals surface area contributed by atoms with Crippen molar-refractivity contribution in [1.82, 2.24) is 10.2 Å². The van der Waals surface area contributed by atoms with E-state index in [0.717, 1.165) is 31.7 Å². The van der Waals surface area contributed by atoms with Crippen molar-refractivity contribution in [1.29, 1.82) is 0 Å². The van der Waals surface area contributed by atoms with E-state index in [1.165, 1.54) is 19.2 Å². The van der Waals surface area contributed by atoms with Crippen molar-refractivity contribution in [3.8, 4) is 17.2 Å². The number of rotatable bonds is 5. The number of methoxy groups -OCH3 is 1. The Balaban J connectivity index is 0.00000225. The number of nitrogens with zero attached hydrogens (tertiary/aromatic N) is 1. The minimum absolute atomic E-state index is 0. The summed E-state index contributed by atoms with van der Waals surface area (Å²) in [5.74, 6) is 0.350. The number of ether oxygens (including phenoxy) is 2. The molecule has 2 N–H and O–H groups in total. The second-order valence-electron chi connectivity index (χ2n) is 6.35. The van der Waals surface area contributed by atoms with Gasteiger partial charge in [-0.2, -0.15) is 0 Å². The Morgan fingerprint density at radius 2 is 1.67 bits per heavy atom. The molecule has 0 saturated carbocycles. The first-order chi connectivity index (χ1) is 13.3. The maximum absolute atomic E-state index is 12.4. The van der Waals surface area contributed by atoms with E-state index < -0.39 is 6.36 Å². The smallest absolute Gasteiger partial charge is 0.506 e. The lowest BCUT2D eigenvalue weighted by Gasteiger charge is -2.36. The Bertz CT molecular complexity index is 820. The van der Waals surface area contributed by atoms with E-state index in [4.69, 9.17) is 4.74 Å². The Hall–Kier alpha value is -1.39. The average molecular weight is 534 g/mol. The molecule has 0 unspecified atom stereocenters. The van der Waals surface area contributed by atoms with Crippen LogP contribution in [0.15, 0.2) is 40.9 Å². The SMILES string of the molecule is COc1cc(Br)c(O)c([C@@H](c2ccc(OC(F)(F)F)cc2)N2CCNCC2)c1.Cl.Cl. The maximum atomic E-state index is 12.4. The van der Waals surface area contributed by atoms with Crippen LogP contribution in [0.25, 0.3) is 0 Å². The highest BCUT2D eigenvalue weighted by atomic mass is 79.9. The van der Waals surface area contributed by atoms with Gasteiger partial charge in [0.25, 0.3) is 0 Å². The molecule has 1 aliphatic heterocycles. The minimum atomic E-state index is -4.74. The number of halogens is 6. The van der Waals surface area contributed by atoms with E-state index in [0.29, 0.717) is 15.8 Å². The van der Waals surface area contributed by atoms with Crippen molar-refractivity contribution in [3.63, 3.8) is 0 Å². The van der Waals surface area contributed by atoms with Gasteiger partial charge in [-0.1, -0.05) is 12.1 Å². The van der Waals surface area contributed by atoms with Crippen LogP contribution in [0.3, 0.4) is 0 Å². The van der Waals surface area contributed by atoms with Gasteiger partial charge in [0.05, 0.1) is 17.6 Å². The quantitative estimate of drug-likeness (QED) is 0.572. The molecule has 2 aromatic carbocycles. The summed E-state index contributed by atoms with van der Waals surface area (Å²) in [7, 11) is 1.53. The number of benzene rings is 2. The van der Waals surface area contributed by atoms with Crippen molar-refractivity contribution in [3.05, 3.63) is 52.0 Å². The number of alkyl halides is 3. The molecule has 30 heavy (non-hydrogen) atoms. The van der Waals surface area contributed by atoms with Crippen LogP contribution in [0.5, 0.6) is 17.2 Å². The predicted octanol–water partition coefficient (Wildman–Crippen LogP) is 4.90. The van der Waals surface area contributed by atoms with E-state index in [2.05, 4.69) is 30.9 Å². The van der Waals surface area contributed by atoms with Crippen LogP contribution in [0.1, 0.15) is 17.2 Å². The molecule has 2 aromatic rings. The van der Waals surface area contributed by atoms with Crippen molar-refractivity contribution >= 4 is 40.7 Å². The molecule has 1 aliphatic rings.